The van der Waals surface area contributed by atoms with Crippen LogP contribution < -0.4 is 0 Å². The van der Waals surface area contributed by atoms with Crippen molar-refractivity contribution >= 4 is 23.9 Å². The molecule has 1 aliphatic heterocycles. The largest absolute Gasteiger partial charge is 0.374 e. The first-order valence-electron chi connectivity index (χ1n) is 5.50. The quantitative estimate of drug-likeness (QED) is 0.755. The third kappa shape index (κ3) is 4.34. The Morgan fingerprint density at radius 2 is 2.06 bits per heavy atom. The molecule has 0 bridgehead atoms. The number of hydrogen-bond donors (Lipinski definition) is 1. The number of sulfonamides is 1. The van der Waals surface area contributed by atoms with E-state index in [1.54, 1.807) is 0 Å². The first-order chi connectivity index (χ1) is 7.62. The Balaban J connectivity index is 2.77. The normalized spacial score (nSPS) is 23.1. The van der Waals surface area contributed by atoms with Crippen LogP contribution in [-0.2, 0) is 14.8 Å². The minimum Gasteiger partial charge on any atom is -0.374 e. The van der Waals surface area contributed by atoms with Crippen LogP contribution in [0, 0.1) is 0 Å². The van der Waals surface area contributed by atoms with Crippen LogP contribution in [0.4, 0.5) is 0 Å². The Hall–Kier alpha value is -0.503. The van der Waals surface area contributed by atoms with E-state index in [4.69, 9.17) is 0 Å². The Kier molecular flexibility index (Phi) is 4.29. The standard InChI is InChI=1S/C10H19NO4SSi/c1-17(2,3)7-6-16(14,15)11-8-9(12)4-5-10(11)13/h4-5,10,13H,6-8H2,1-3H3. The van der Waals surface area contributed by atoms with Crippen molar-refractivity contribution in [3.8, 4) is 0 Å². The van der Waals surface area contributed by atoms with Crippen LogP contribution in [0.1, 0.15) is 0 Å². The van der Waals surface area contributed by atoms with Crippen molar-refractivity contribution < 1.29 is 18.3 Å². The predicted octanol–water partition coefficient (Wildman–Crippen LogP) is 0.414. The molecule has 1 rings (SSSR count). The molecule has 1 atom stereocenters. The highest BCUT2D eigenvalue weighted by molar-refractivity contribution is 7.89. The second-order valence-electron chi connectivity index (χ2n) is 5.41. The number of hydrogen-bond acceptors (Lipinski definition) is 4. The monoisotopic (exact) mass is 277 g/mol. The summed E-state index contributed by atoms with van der Waals surface area (Å²) in [4.78, 5) is 11.2. The number of aliphatic hydroxyl groups is 1. The minimum absolute atomic E-state index is 0.000895. The van der Waals surface area contributed by atoms with E-state index in [2.05, 4.69) is 19.6 Å². The lowest BCUT2D eigenvalue weighted by Gasteiger charge is -2.28. The van der Waals surface area contributed by atoms with Crippen LogP contribution in [-0.4, -0.2) is 50.2 Å². The molecule has 98 valence electrons. The molecule has 0 aliphatic carbocycles. The Morgan fingerprint density at radius 3 is 2.59 bits per heavy atom. The number of carbonyl (C=O) groups excluding carboxylic acids is 1. The topological polar surface area (TPSA) is 74.7 Å². The summed E-state index contributed by atoms with van der Waals surface area (Å²) in [7, 11) is -5.01. The second kappa shape index (κ2) is 5.01. The van der Waals surface area contributed by atoms with E-state index in [9.17, 15) is 18.3 Å². The van der Waals surface area contributed by atoms with Crippen molar-refractivity contribution in [3.05, 3.63) is 12.2 Å². The van der Waals surface area contributed by atoms with Crippen LogP contribution in [0.25, 0.3) is 0 Å². The van der Waals surface area contributed by atoms with Crippen molar-refractivity contribution in [2.45, 2.75) is 31.9 Å². The van der Waals surface area contributed by atoms with Crippen LogP contribution in [0.3, 0.4) is 0 Å². The summed E-state index contributed by atoms with van der Waals surface area (Å²) < 4.78 is 24.9. The molecule has 1 N–H and O–H groups in total. The van der Waals surface area contributed by atoms with Crippen LogP contribution in [0.15, 0.2) is 12.2 Å². The lowest BCUT2D eigenvalue weighted by Crippen LogP contribution is -2.46. The van der Waals surface area contributed by atoms with Gasteiger partial charge in [0.2, 0.25) is 10.0 Å². The van der Waals surface area contributed by atoms with Crippen molar-refractivity contribution in [1.29, 1.82) is 0 Å². The molecule has 5 nitrogen and oxygen atoms in total. The molecule has 0 fully saturated rings. The lowest BCUT2D eigenvalue weighted by molar-refractivity contribution is -0.116. The molecule has 0 spiro atoms. The summed E-state index contributed by atoms with van der Waals surface area (Å²) in [5.74, 6) is -0.298. The van der Waals surface area contributed by atoms with Gasteiger partial charge in [-0.2, -0.15) is 4.31 Å². The van der Waals surface area contributed by atoms with E-state index >= 15 is 0 Å². The first kappa shape index (κ1) is 14.6. The maximum atomic E-state index is 12.0. The van der Waals surface area contributed by atoms with Gasteiger partial charge in [-0.1, -0.05) is 19.6 Å². The van der Waals surface area contributed by atoms with Gasteiger partial charge in [-0.05, 0) is 18.2 Å². The molecule has 0 radical (unpaired) electrons. The van der Waals surface area contributed by atoms with E-state index in [1.165, 1.54) is 12.2 Å². The molecule has 0 aromatic carbocycles. The molecule has 0 aromatic rings. The van der Waals surface area contributed by atoms with Gasteiger partial charge >= 0.3 is 0 Å². The van der Waals surface area contributed by atoms with Crippen molar-refractivity contribution in [2.75, 3.05) is 12.3 Å². The Morgan fingerprint density at radius 1 is 1.47 bits per heavy atom. The van der Waals surface area contributed by atoms with Gasteiger partial charge in [-0.3, -0.25) is 4.79 Å². The van der Waals surface area contributed by atoms with E-state index in [0.717, 1.165) is 4.31 Å². The van der Waals surface area contributed by atoms with E-state index in [-0.39, 0.29) is 18.1 Å². The summed E-state index contributed by atoms with van der Waals surface area (Å²) in [5, 5.41) is 9.57. The SMILES string of the molecule is C[Si](C)(C)CCS(=O)(=O)N1CC(=O)C=CC1O. The van der Waals surface area contributed by atoms with Crippen LogP contribution >= 0.6 is 0 Å². The zero-order valence-corrected chi connectivity index (χ0v) is 12.2. The molecule has 1 unspecified atom stereocenters. The Labute approximate surface area is 103 Å². The van der Waals surface area contributed by atoms with Gasteiger partial charge in [0.05, 0.1) is 12.3 Å². The molecular weight excluding hydrogens is 258 g/mol. The van der Waals surface area contributed by atoms with Gasteiger partial charge in [-0.25, -0.2) is 8.42 Å². The molecular formula is C10H19NO4SSi. The fourth-order valence-corrected chi connectivity index (χ4v) is 5.84. The zero-order valence-electron chi connectivity index (χ0n) is 10.4. The summed E-state index contributed by atoms with van der Waals surface area (Å²) in [5.41, 5.74) is 0. The van der Waals surface area contributed by atoms with Crippen LogP contribution in [0.5, 0.6) is 0 Å². The van der Waals surface area contributed by atoms with Gasteiger partial charge in [0.15, 0.2) is 5.78 Å². The third-order valence-electron chi connectivity index (χ3n) is 2.53. The number of ketones is 1. The molecule has 0 aromatic heterocycles. The molecule has 17 heavy (non-hydrogen) atoms. The first-order valence-corrected chi connectivity index (χ1v) is 10.8. The highest BCUT2D eigenvalue weighted by atomic mass is 32.2. The summed E-state index contributed by atoms with van der Waals surface area (Å²) in [6.45, 7) is 5.99. The number of nitrogens with zero attached hydrogens (tertiary/aromatic N) is 1. The van der Waals surface area contributed by atoms with Gasteiger partial charge < -0.3 is 5.11 Å². The molecule has 7 heteroatoms. The maximum Gasteiger partial charge on any atom is 0.216 e. The average Bonchev–Trinajstić information content (AvgIpc) is 2.18. The molecule has 1 aliphatic rings. The van der Waals surface area contributed by atoms with E-state index < -0.39 is 24.3 Å². The molecule has 0 amide bonds. The van der Waals surface area contributed by atoms with E-state index in [1.807, 2.05) is 0 Å². The number of rotatable bonds is 4. The predicted molar refractivity (Wildman–Crippen MR) is 68.8 cm³/mol. The Bertz CT molecular complexity index is 424. The summed E-state index contributed by atoms with van der Waals surface area (Å²) in [6, 6.07) is 0.621. The molecule has 1 heterocycles. The van der Waals surface area contributed by atoms with Gasteiger partial charge in [-0.15, -0.1) is 0 Å². The minimum atomic E-state index is -3.55. The van der Waals surface area contributed by atoms with Crippen LogP contribution in [0.2, 0.25) is 25.7 Å². The zero-order chi connectivity index (χ0) is 13.3. The third-order valence-corrected chi connectivity index (χ3v) is 6.42. The number of aliphatic hydroxyl groups excluding tert-OH is 1. The molecule has 0 saturated carbocycles. The highest BCUT2D eigenvalue weighted by Gasteiger charge is 2.32. The highest BCUT2D eigenvalue weighted by Crippen LogP contribution is 2.16. The summed E-state index contributed by atoms with van der Waals surface area (Å²) >= 11 is 0. The van der Waals surface area contributed by atoms with Gasteiger partial charge in [0.1, 0.15) is 6.23 Å². The van der Waals surface area contributed by atoms with Crippen molar-refractivity contribution in [3.63, 3.8) is 0 Å². The van der Waals surface area contributed by atoms with Crippen molar-refractivity contribution in [1.82, 2.24) is 4.31 Å². The summed E-state index contributed by atoms with van der Waals surface area (Å²) in [6.07, 6.45) is 1.21. The van der Waals surface area contributed by atoms with E-state index in [0.29, 0.717) is 6.04 Å². The van der Waals surface area contributed by atoms with Gasteiger partial charge in [0, 0.05) is 8.07 Å². The average molecular weight is 277 g/mol. The van der Waals surface area contributed by atoms with Crippen molar-refractivity contribution in [2.24, 2.45) is 0 Å². The smallest absolute Gasteiger partial charge is 0.216 e. The maximum absolute atomic E-state index is 12.0. The molecule has 0 saturated heterocycles. The lowest BCUT2D eigenvalue weighted by atomic mass is 10.2. The fourth-order valence-electron chi connectivity index (χ4n) is 1.40. The second-order valence-corrected chi connectivity index (χ2v) is 13.1. The van der Waals surface area contributed by atoms with Gasteiger partial charge in [0.25, 0.3) is 0 Å². The number of carbonyl (C=O) groups is 1. The fraction of sp³-hybridized carbons (Fsp3) is 0.700.